The van der Waals surface area contributed by atoms with E-state index in [1.54, 1.807) is 0 Å². The van der Waals surface area contributed by atoms with Gasteiger partial charge in [-0.05, 0) is 6.92 Å². The minimum Gasteiger partial charge on any atom is -0.394 e. The van der Waals surface area contributed by atoms with E-state index in [1.165, 1.54) is 6.92 Å². The molecule has 1 unspecified atom stereocenters. The van der Waals surface area contributed by atoms with Gasteiger partial charge >= 0.3 is 0 Å². The molecule has 0 saturated heterocycles. The summed E-state index contributed by atoms with van der Waals surface area (Å²) < 4.78 is 0. The molecule has 0 aliphatic carbocycles. The zero-order chi connectivity index (χ0) is 6.28. The average molecular weight is 110 g/mol. The van der Waals surface area contributed by atoms with Crippen LogP contribution in [-0.4, -0.2) is 33.4 Å². The largest absolute Gasteiger partial charge is 0.394 e. The second-order valence-corrected chi connectivity index (χ2v) is 1.03. The van der Waals surface area contributed by atoms with Gasteiger partial charge < -0.3 is 10.2 Å². The van der Waals surface area contributed by atoms with Crippen LogP contribution < -0.4 is 0 Å². The lowest BCUT2D eigenvalue weighted by molar-refractivity contribution is -0.176. The summed E-state index contributed by atoms with van der Waals surface area (Å²) in [6.45, 7) is 1.39. The third-order valence-electron chi connectivity index (χ3n) is 0.264. The van der Waals surface area contributed by atoms with Crippen molar-refractivity contribution in [2.24, 2.45) is 0 Å². The van der Waals surface area contributed by atoms with E-state index in [2.05, 4.69) is 0 Å². The van der Waals surface area contributed by atoms with Crippen LogP contribution in [0.1, 0.15) is 6.92 Å². The second kappa shape index (κ2) is 9.28. The van der Waals surface area contributed by atoms with E-state index in [0.29, 0.717) is 0 Å². The number of hydrogen-bond acceptors (Lipinski definition) is 4. The van der Waals surface area contributed by atoms with E-state index in [9.17, 15) is 0 Å². The fourth-order valence-corrected chi connectivity index (χ4v) is 0. The highest BCUT2D eigenvalue weighted by Gasteiger charge is 1.83. The lowest BCUT2D eigenvalue weighted by atomic mass is 10.5. The minimum atomic E-state index is -0.560. The summed E-state index contributed by atoms with van der Waals surface area (Å²) in [5, 5.41) is 28.0. The topological polar surface area (TPSA) is 80.9 Å². The summed E-state index contributed by atoms with van der Waals surface area (Å²) in [5.41, 5.74) is 0. The number of aliphatic hydroxyl groups is 2. The Labute approximate surface area is 41.6 Å². The normalized spacial score (nSPS) is 11.6. The van der Waals surface area contributed by atoms with Crippen LogP contribution in [0.25, 0.3) is 0 Å². The summed E-state index contributed by atoms with van der Waals surface area (Å²) in [5.74, 6) is 0. The van der Waals surface area contributed by atoms with Crippen LogP contribution in [0.5, 0.6) is 0 Å². The molecule has 0 aromatic carbocycles. The van der Waals surface area contributed by atoms with Crippen LogP contribution in [0.2, 0.25) is 0 Å². The van der Waals surface area contributed by atoms with E-state index in [4.69, 9.17) is 20.7 Å². The van der Waals surface area contributed by atoms with E-state index in [-0.39, 0.29) is 6.61 Å². The van der Waals surface area contributed by atoms with Crippen molar-refractivity contribution in [2.45, 2.75) is 13.0 Å². The minimum absolute atomic E-state index is 0.139. The fraction of sp³-hybridized carbons (Fsp3) is 1.00. The molecule has 0 rings (SSSR count). The van der Waals surface area contributed by atoms with E-state index in [1.807, 2.05) is 0 Å². The first kappa shape index (κ1) is 9.96. The smallest absolute Gasteiger partial charge is 0.0742 e. The summed E-state index contributed by atoms with van der Waals surface area (Å²) in [6, 6.07) is 0. The Morgan fingerprint density at radius 2 is 1.57 bits per heavy atom. The molecule has 0 aliphatic heterocycles. The molecule has 0 aromatic rings. The first-order valence-corrected chi connectivity index (χ1v) is 1.76. The highest BCUT2D eigenvalue weighted by Crippen LogP contribution is 1.68. The molecule has 0 amide bonds. The van der Waals surface area contributed by atoms with Crippen molar-refractivity contribution >= 4 is 0 Å². The quantitative estimate of drug-likeness (QED) is 0.268. The molecule has 7 heavy (non-hydrogen) atoms. The van der Waals surface area contributed by atoms with Crippen LogP contribution in [0.4, 0.5) is 0 Å². The molecule has 0 aliphatic rings. The van der Waals surface area contributed by atoms with Crippen LogP contribution in [-0.2, 0) is 0 Å². The van der Waals surface area contributed by atoms with Gasteiger partial charge in [-0.25, -0.2) is 0 Å². The van der Waals surface area contributed by atoms with Crippen molar-refractivity contribution in [3.8, 4) is 0 Å². The highest BCUT2D eigenvalue weighted by molar-refractivity contribution is 4.33. The van der Waals surface area contributed by atoms with Crippen molar-refractivity contribution in [2.75, 3.05) is 6.61 Å². The van der Waals surface area contributed by atoms with Crippen molar-refractivity contribution in [1.29, 1.82) is 0 Å². The fourth-order valence-electron chi connectivity index (χ4n) is 0. The first-order chi connectivity index (χ1) is 3.27. The van der Waals surface area contributed by atoms with E-state index in [0.717, 1.165) is 0 Å². The van der Waals surface area contributed by atoms with Gasteiger partial charge in [0.25, 0.3) is 0 Å². The predicted molar refractivity (Wildman–Crippen MR) is 24.0 cm³/mol. The van der Waals surface area contributed by atoms with Gasteiger partial charge in [0.05, 0.1) is 12.7 Å². The molecule has 0 aromatic heterocycles. The maximum Gasteiger partial charge on any atom is 0.0742 e. The molecule has 0 radical (unpaired) electrons. The maximum absolute atomic E-state index is 8.11. The Morgan fingerprint density at radius 1 is 1.43 bits per heavy atom. The molecule has 4 N–H and O–H groups in total. The molecular weight excluding hydrogens is 100 g/mol. The summed E-state index contributed by atoms with van der Waals surface area (Å²) >= 11 is 0. The van der Waals surface area contributed by atoms with Gasteiger partial charge in [-0.2, -0.15) is 0 Å². The zero-order valence-corrected chi connectivity index (χ0v) is 4.07. The van der Waals surface area contributed by atoms with Crippen LogP contribution in [0, 0.1) is 0 Å². The third kappa shape index (κ3) is 25.4. The standard InChI is InChI=1S/C3H8O2.H2O2/c1-3(5)2-4;1-2/h3-5H,2H2,1H3;1-2H. The van der Waals surface area contributed by atoms with Gasteiger partial charge in [-0.15, -0.1) is 0 Å². The van der Waals surface area contributed by atoms with Gasteiger partial charge in [-0.3, -0.25) is 10.5 Å². The van der Waals surface area contributed by atoms with Crippen LogP contribution in [0.15, 0.2) is 0 Å². The van der Waals surface area contributed by atoms with Crippen LogP contribution in [0.3, 0.4) is 0 Å². The Hall–Kier alpha value is -0.160. The summed E-state index contributed by atoms with van der Waals surface area (Å²) in [7, 11) is 0. The van der Waals surface area contributed by atoms with Crippen LogP contribution >= 0.6 is 0 Å². The Kier molecular flexibility index (Phi) is 13.2. The molecule has 0 spiro atoms. The van der Waals surface area contributed by atoms with E-state index >= 15 is 0 Å². The van der Waals surface area contributed by atoms with Crippen molar-refractivity contribution < 1.29 is 20.7 Å². The Morgan fingerprint density at radius 3 is 1.57 bits per heavy atom. The molecule has 0 bridgehead atoms. The zero-order valence-electron chi connectivity index (χ0n) is 4.07. The van der Waals surface area contributed by atoms with Gasteiger partial charge in [0.2, 0.25) is 0 Å². The number of aliphatic hydroxyl groups excluding tert-OH is 2. The molecule has 4 heteroatoms. The first-order valence-electron chi connectivity index (χ1n) is 1.76. The molecule has 0 saturated carbocycles. The highest BCUT2D eigenvalue weighted by atomic mass is 17.0. The van der Waals surface area contributed by atoms with Crippen molar-refractivity contribution in [3.05, 3.63) is 0 Å². The predicted octanol–water partition coefficient (Wildman–Crippen LogP) is -0.623. The van der Waals surface area contributed by atoms with Gasteiger partial charge in [-0.1, -0.05) is 0 Å². The van der Waals surface area contributed by atoms with Crippen molar-refractivity contribution in [3.63, 3.8) is 0 Å². The lowest BCUT2D eigenvalue weighted by Gasteiger charge is -1.90. The number of hydrogen-bond donors (Lipinski definition) is 4. The monoisotopic (exact) mass is 110 g/mol. The molecule has 4 nitrogen and oxygen atoms in total. The molecule has 1 atom stereocenters. The maximum atomic E-state index is 8.11. The molecular formula is C3H10O4. The van der Waals surface area contributed by atoms with E-state index < -0.39 is 6.10 Å². The second-order valence-electron chi connectivity index (χ2n) is 1.03. The van der Waals surface area contributed by atoms with Gasteiger partial charge in [0.15, 0.2) is 0 Å². The lowest BCUT2D eigenvalue weighted by Crippen LogP contribution is -2.03. The average Bonchev–Trinajstić information content (AvgIpc) is 1.73. The number of rotatable bonds is 1. The van der Waals surface area contributed by atoms with Gasteiger partial charge in [0.1, 0.15) is 0 Å². The summed E-state index contributed by atoms with van der Waals surface area (Å²) in [6.07, 6.45) is -0.560. The SMILES string of the molecule is CC(O)CO.OO. The van der Waals surface area contributed by atoms with Crippen molar-refractivity contribution in [1.82, 2.24) is 0 Å². The molecule has 0 heterocycles. The van der Waals surface area contributed by atoms with Gasteiger partial charge in [0, 0.05) is 0 Å². The molecule has 0 fully saturated rings. The summed E-state index contributed by atoms with van der Waals surface area (Å²) in [4.78, 5) is 0. The Bertz CT molecular complexity index is 20.9. The Balaban J connectivity index is 0. The third-order valence-corrected chi connectivity index (χ3v) is 0.264. The molecule has 46 valence electrons.